The molecule has 0 saturated heterocycles. The molecule has 0 aliphatic heterocycles. The number of nitrogens with zero attached hydrogens (tertiary/aromatic N) is 2. The van der Waals surface area contributed by atoms with Crippen molar-refractivity contribution >= 4 is 5.97 Å². The summed E-state index contributed by atoms with van der Waals surface area (Å²) in [6, 6.07) is 7.73. The molecule has 0 atom stereocenters. The Morgan fingerprint density at radius 3 is 2.84 bits per heavy atom. The second kappa shape index (κ2) is 5.62. The van der Waals surface area contributed by atoms with Gasteiger partial charge in [0.05, 0.1) is 18.8 Å². The zero-order valence-corrected chi connectivity index (χ0v) is 10.3. The molecular weight excluding hydrogens is 251 g/mol. The fourth-order valence-electron chi connectivity index (χ4n) is 1.75. The number of hydrogen-bond donors (Lipinski definition) is 1. The van der Waals surface area contributed by atoms with Gasteiger partial charge in [-0.2, -0.15) is 5.10 Å². The van der Waals surface area contributed by atoms with Crippen LogP contribution in [0.1, 0.15) is 21.7 Å². The van der Waals surface area contributed by atoms with Gasteiger partial charge in [0.25, 0.3) is 0 Å². The molecule has 0 bridgehead atoms. The molecule has 2 aromatic rings. The van der Waals surface area contributed by atoms with E-state index in [4.69, 9.17) is 9.84 Å². The first kappa shape index (κ1) is 13.2. The summed E-state index contributed by atoms with van der Waals surface area (Å²) < 4.78 is 20.0. The third kappa shape index (κ3) is 2.97. The van der Waals surface area contributed by atoms with Crippen LogP contribution < -0.4 is 0 Å². The molecule has 100 valence electrons. The Morgan fingerprint density at radius 2 is 2.21 bits per heavy atom. The summed E-state index contributed by atoms with van der Waals surface area (Å²) in [6.45, 7) is 0.382. The Balaban J connectivity index is 2.33. The van der Waals surface area contributed by atoms with Crippen LogP contribution in [-0.2, 0) is 17.9 Å². The third-order valence-corrected chi connectivity index (χ3v) is 2.65. The molecule has 19 heavy (non-hydrogen) atoms. The van der Waals surface area contributed by atoms with E-state index in [1.54, 1.807) is 18.2 Å². The molecule has 1 aromatic heterocycles. The largest absolute Gasteiger partial charge is 0.476 e. The van der Waals surface area contributed by atoms with Gasteiger partial charge >= 0.3 is 5.97 Å². The van der Waals surface area contributed by atoms with E-state index in [1.807, 2.05) is 0 Å². The van der Waals surface area contributed by atoms with Gasteiger partial charge in [-0.25, -0.2) is 9.18 Å². The van der Waals surface area contributed by atoms with E-state index in [0.29, 0.717) is 11.3 Å². The summed E-state index contributed by atoms with van der Waals surface area (Å²) in [4.78, 5) is 10.9. The number of carbonyl (C=O) groups is 1. The molecule has 0 radical (unpaired) electrons. The van der Waals surface area contributed by atoms with E-state index in [2.05, 4.69) is 5.10 Å². The highest BCUT2D eigenvalue weighted by molar-refractivity contribution is 5.85. The summed E-state index contributed by atoms with van der Waals surface area (Å²) in [5.74, 6) is -1.47. The summed E-state index contributed by atoms with van der Waals surface area (Å²) in [5.41, 5.74) is 0.950. The number of aromatic carboxylic acids is 1. The van der Waals surface area contributed by atoms with E-state index in [1.165, 1.54) is 23.9 Å². The average Bonchev–Trinajstić information content (AvgIpc) is 2.76. The van der Waals surface area contributed by atoms with Gasteiger partial charge in [0, 0.05) is 12.7 Å². The summed E-state index contributed by atoms with van der Waals surface area (Å²) in [6.07, 6.45) is 0. The minimum atomic E-state index is -1.12. The van der Waals surface area contributed by atoms with Crippen LogP contribution in [0, 0.1) is 5.82 Å². The van der Waals surface area contributed by atoms with Crippen molar-refractivity contribution in [2.75, 3.05) is 7.11 Å². The first-order valence-corrected chi connectivity index (χ1v) is 5.64. The molecule has 0 fully saturated rings. The fourth-order valence-corrected chi connectivity index (χ4v) is 1.75. The lowest BCUT2D eigenvalue weighted by Crippen LogP contribution is -2.09. The second-order valence-corrected chi connectivity index (χ2v) is 4.01. The van der Waals surface area contributed by atoms with Gasteiger partial charge in [0.2, 0.25) is 0 Å². The van der Waals surface area contributed by atoms with Gasteiger partial charge in [-0.15, -0.1) is 0 Å². The Hall–Kier alpha value is -2.21. The van der Waals surface area contributed by atoms with Gasteiger partial charge in [-0.05, 0) is 12.1 Å². The minimum absolute atomic E-state index is 0.0802. The van der Waals surface area contributed by atoms with Crippen LogP contribution in [0.15, 0.2) is 30.3 Å². The first-order chi connectivity index (χ1) is 9.11. The molecule has 1 N–H and O–H groups in total. The van der Waals surface area contributed by atoms with Crippen molar-refractivity contribution in [2.45, 2.75) is 13.2 Å². The van der Waals surface area contributed by atoms with Crippen molar-refractivity contribution in [3.05, 3.63) is 53.1 Å². The van der Waals surface area contributed by atoms with Gasteiger partial charge in [-0.1, -0.05) is 18.2 Å². The molecule has 0 amide bonds. The number of hydrogen-bond acceptors (Lipinski definition) is 3. The van der Waals surface area contributed by atoms with E-state index in [0.717, 1.165) is 0 Å². The quantitative estimate of drug-likeness (QED) is 0.896. The lowest BCUT2D eigenvalue weighted by molar-refractivity contribution is 0.0689. The van der Waals surface area contributed by atoms with Crippen LogP contribution in [0.25, 0.3) is 0 Å². The molecule has 1 heterocycles. The standard InChI is InChI=1S/C13H13FN2O3/c1-19-8-10-6-12(13(17)18)15-16(10)7-9-4-2-3-5-11(9)14/h2-6H,7-8H2,1H3,(H,17,18). The molecule has 1 aromatic carbocycles. The number of ether oxygens (including phenoxy) is 1. The predicted molar refractivity (Wildman–Crippen MR) is 65.4 cm³/mol. The van der Waals surface area contributed by atoms with E-state index < -0.39 is 5.97 Å². The molecular formula is C13H13FN2O3. The van der Waals surface area contributed by atoms with Crippen LogP contribution in [0.4, 0.5) is 4.39 Å². The number of methoxy groups -OCH3 is 1. The highest BCUT2D eigenvalue weighted by atomic mass is 19.1. The summed E-state index contributed by atoms with van der Waals surface area (Å²) in [7, 11) is 1.50. The van der Waals surface area contributed by atoms with Gasteiger partial charge in [0.1, 0.15) is 5.82 Å². The minimum Gasteiger partial charge on any atom is -0.476 e. The van der Waals surface area contributed by atoms with Crippen LogP contribution in [0.5, 0.6) is 0 Å². The highest BCUT2D eigenvalue weighted by Gasteiger charge is 2.14. The zero-order valence-electron chi connectivity index (χ0n) is 10.3. The number of aromatic nitrogens is 2. The smallest absolute Gasteiger partial charge is 0.356 e. The average molecular weight is 264 g/mol. The number of carboxylic acids is 1. The van der Waals surface area contributed by atoms with Crippen molar-refractivity contribution in [1.29, 1.82) is 0 Å². The Kier molecular flexibility index (Phi) is 3.91. The zero-order chi connectivity index (χ0) is 13.8. The number of benzene rings is 1. The van der Waals surface area contributed by atoms with E-state index in [9.17, 15) is 9.18 Å². The summed E-state index contributed by atoms with van der Waals surface area (Å²) >= 11 is 0. The molecule has 0 spiro atoms. The van der Waals surface area contributed by atoms with Crippen molar-refractivity contribution < 1.29 is 19.0 Å². The van der Waals surface area contributed by atoms with Crippen molar-refractivity contribution in [3.63, 3.8) is 0 Å². The Morgan fingerprint density at radius 1 is 1.47 bits per heavy atom. The van der Waals surface area contributed by atoms with Crippen molar-refractivity contribution in [1.82, 2.24) is 9.78 Å². The SMILES string of the molecule is COCc1cc(C(=O)O)nn1Cc1ccccc1F. The van der Waals surface area contributed by atoms with Crippen molar-refractivity contribution in [3.8, 4) is 0 Å². The third-order valence-electron chi connectivity index (χ3n) is 2.65. The normalized spacial score (nSPS) is 10.6. The highest BCUT2D eigenvalue weighted by Crippen LogP contribution is 2.12. The predicted octanol–water partition coefficient (Wildman–Crippen LogP) is 1.92. The maximum Gasteiger partial charge on any atom is 0.356 e. The maximum atomic E-state index is 13.6. The molecule has 0 aliphatic carbocycles. The van der Waals surface area contributed by atoms with Gasteiger partial charge < -0.3 is 9.84 Å². The van der Waals surface area contributed by atoms with E-state index >= 15 is 0 Å². The monoisotopic (exact) mass is 264 g/mol. The van der Waals surface area contributed by atoms with Crippen LogP contribution >= 0.6 is 0 Å². The number of halogens is 1. The fraction of sp³-hybridized carbons (Fsp3) is 0.231. The molecule has 0 unspecified atom stereocenters. The molecule has 0 aliphatic rings. The molecule has 0 saturated carbocycles. The van der Waals surface area contributed by atoms with Crippen LogP contribution in [0.3, 0.4) is 0 Å². The first-order valence-electron chi connectivity index (χ1n) is 5.64. The topological polar surface area (TPSA) is 64.3 Å². The Bertz CT molecular complexity index is 595. The lowest BCUT2D eigenvalue weighted by Gasteiger charge is -2.07. The van der Waals surface area contributed by atoms with Crippen LogP contribution in [0.2, 0.25) is 0 Å². The second-order valence-electron chi connectivity index (χ2n) is 4.01. The lowest BCUT2D eigenvalue weighted by atomic mass is 10.2. The molecule has 6 heteroatoms. The summed E-state index contributed by atoms with van der Waals surface area (Å²) in [5, 5.41) is 12.9. The Labute approximate surface area is 109 Å². The number of carboxylic acid groups (broad SMARTS) is 1. The maximum absolute atomic E-state index is 13.6. The van der Waals surface area contributed by atoms with E-state index in [-0.39, 0.29) is 24.7 Å². The van der Waals surface area contributed by atoms with Crippen molar-refractivity contribution in [2.24, 2.45) is 0 Å². The van der Waals surface area contributed by atoms with Gasteiger partial charge in [0.15, 0.2) is 5.69 Å². The van der Waals surface area contributed by atoms with Crippen LogP contribution in [-0.4, -0.2) is 28.0 Å². The molecule has 5 nitrogen and oxygen atoms in total. The van der Waals surface area contributed by atoms with Gasteiger partial charge in [-0.3, -0.25) is 4.68 Å². The number of rotatable bonds is 5. The molecule has 2 rings (SSSR count).